The van der Waals surface area contributed by atoms with E-state index in [1.165, 1.54) is 6.07 Å². The van der Waals surface area contributed by atoms with Crippen molar-refractivity contribution in [2.24, 2.45) is 5.92 Å². The van der Waals surface area contributed by atoms with Gasteiger partial charge in [-0.15, -0.1) is 0 Å². The number of nitrogens with zero attached hydrogens (tertiary/aromatic N) is 2. The number of halogens is 4. The molecular formula is C23H26F3IN2O2. The van der Waals surface area contributed by atoms with Crippen LogP contribution in [0, 0.1) is 5.92 Å². The van der Waals surface area contributed by atoms with Gasteiger partial charge in [-0.1, -0.05) is 40.5 Å². The maximum Gasteiger partial charge on any atom is 0.416 e. The number of carbonyl (C=O) groups is 1. The molecule has 0 bridgehead atoms. The van der Waals surface area contributed by atoms with E-state index in [0.717, 1.165) is 50.8 Å². The summed E-state index contributed by atoms with van der Waals surface area (Å²) in [5.41, 5.74) is 0.883. The molecule has 4 nitrogen and oxygen atoms in total. The second-order valence-electron chi connectivity index (χ2n) is 8.26. The average molecular weight is 546 g/mol. The van der Waals surface area contributed by atoms with Gasteiger partial charge in [-0.05, 0) is 56.0 Å². The molecule has 4 rings (SSSR count). The third-order valence-corrected chi connectivity index (χ3v) is 9.01. The molecular weight excluding hydrogens is 520 g/mol. The van der Waals surface area contributed by atoms with Gasteiger partial charge in [0.2, 0.25) is 0 Å². The topological polar surface area (TPSA) is 32.8 Å². The minimum Gasteiger partial charge on any atom is -0.349 e. The van der Waals surface area contributed by atoms with Crippen molar-refractivity contribution in [3.05, 3.63) is 50.8 Å². The molecule has 168 valence electrons. The van der Waals surface area contributed by atoms with Gasteiger partial charge in [0.15, 0.2) is 0 Å². The maximum atomic E-state index is 13.4. The molecule has 8 heteroatoms. The Morgan fingerprint density at radius 3 is 2.55 bits per heavy atom. The number of hydrogen-bond acceptors (Lipinski definition) is 3. The van der Waals surface area contributed by atoms with Gasteiger partial charge in [-0.3, -0.25) is 9.69 Å². The zero-order valence-corrected chi connectivity index (χ0v) is 20.0. The lowest BCUT2D eigenvalue weighted by molar-refractivity contribution is -0.137. The number of methoxy groups -OCH3 is 1. The Morgan fingerprint density at radius 2 is 1.90 bits per heavy atom. The monoisotopic (exact) mass is 546 g/mol. The van der Waals surface area contributed by atoms with Crippen molar-refractivity contribution in [2.75, 3.05) is 18.7 Å². The van der Waals surface area contributed by atoms with E-state index in [1.54, 1.807) is 12.0 Å². The Balaban J connectivity index is 1.81. The fourth-order valence-corrected chi connectivity index (χ4v) is 6.78. The molecule has 1 fully saturated rings. The molecule has 1 unspecified atom stereocenters. The quantitative estimate of drug-likeness (QED) is 0.433. The molecule has 2 aliphatic heterocycles. The Morgan fingerprint density at radius 1 is 1.16 bits per heavy atom. The standard InChI is InChI=1S/C23H26F3IN2O2/c1-14-6-4-5-7-18(14)28-13-29(19-10-11-21(31-3)27-15(19)2)22(30)17-9-8-16(12-20(17)28)23(24,25)26/h8-12,14,18H,4-7,13H2,1-3H3/t14-,18?/m1/s1. The van der Waals surface area contributed by atoms with Crippen molar-refractivity contribution in [2.45, 2.75) is 51.7 Å². The smallest absolute Gasteiger partial charge is 0.349 e. The van der Waals surface area contributed by atoms with E-state index in [0.29, 0.717) is 17.2 Å². The van der Waals surface area contributed by atoms with E-state index >= 15 is 0 Å². The highest BCUT2D eigenvalue weighted by Gasteiger charge is 2.39. The van der Waals surface area contributed by atoms with Crippen LogP contribution in [-0.4, -0.2) is 34.3 Å². The lowest BCUT2D eigenvalue weighted by Crippen LogP contribution is -2.53. The first-order valence-corrected chi connectivity index (χ1v) is 12.6. The number of anilines is 1. The molecule has 1 saturated carbocycles. The van der Waals surface area contributed by atoms with Crippen LogP contribution in [-0.2, 0) is 10.9 Å². The molecule has 0 N–H and O–H groups in total. The molecule has 1 aromatic rings. The van der Waals surface area contributed by atoms with Crippen LogP contribution in [0.5, 0.6) is 0 Å². The highest BCUT2D eigenvalue weighted by atomic mass is 127. The number of fused-ring (bicyclic) bond motifs is 1. The van der Waals surface area contributed by atoms with E-state index in [-0.39, 0.29) is 18.6 Å². The largest absolute Gasteiger partial charge is 0.416 e. The van der Waals surface area contributed by atoms with E-state index in [2.05, 4.69) is 6.92 Å². The molecule has 0 saturated heterocycles. The second kappa shape index (κ2) is 8.69. The summed E-state index contributed by atoms with van der Waals surface area (Å²) in [4.78, 5) is 17.2. The third kappa shape index (κ3) is 4.33. The minimum atomic E-state index is -4.44. The van der Waals surface area contributed by atoms with Crippen LogP contribution in [0.15, 0.2) is 39.6 Å². The van der Waals surface area contributed by atoms with Gasteiger partial charge in [0.25, 0.3) is 5.91 Å². The first kappa shape index (κ1) is 22.5. The van der Waals surface area contributed by atoms with Gasteiger partial charge in [0, 0.05) is 16.7 Å². The predicted octanol–water partition coefficient (Wildman–Crippen LogP) is 6.05. The van der Waals surface area contributed by atoms with Crippen LogP contribution in [0.4, 0.5) is 18.9 Å². The number of ether oxygens (including phenoxy) is 1. The van der Waals surface area contributed by atoms with E-state index < -0.39 is 32.5 Å². The highest BCUT2D eigenvalue weighted by Crippen LogP contribution is 2.41. The summed E-state index contributed by atoms with van der Waals surface area (Å²) in [6.07, 6.45) is 3.50. The first-order valence-electron chi connectivity index (χ1n) is 10.4. The van der Waals surface area contributed by atoms with Crippen LogP contribution < -0.4 is 4.90 Å². The number of carbonyl (C=O) groups excluding carboxylic acids is 1. The number of allylic oxidation sites excluding steroid dienone is 2. The summed E-state index contributed by atoms with van der Waals surface area (Å²) < 4.78 is 47.8. The van der Waals surface area contributed by atoms with Gasteiger partial charge >= 0.3 is 6.18 Å². The summed E-state index contributed by atoms with van der Waals surface area (Å²) in [6.45, 7) is 4.44. The Hall–Kier alpha value is -1.68. The predicted molar refractivity (Wildman–Crippen MR) is 124 cm³/mol. The molecule has 0 radical (unpaired) electrons. The van der Waals surface area contributed by atoms with Crippen molar-refractivity contribution in [1.82, 2.24) is 4.90 Å². The van der Waals surface area contributed by atoms with Crippen molar-refractivity contribution in [1.29, 1.82) is 0 Å². The van der Waals surface area contributed by atoms with Crippen LogP contribution in [0.1, 0.15) is 55.5 Å². The van der Waals surface area contributed by atoms with Crippen molar-refractivity contribution >= 4 is 36.0 Å². The molecule has 2 atom stereocenters. The van der Waals surface area contributed by atoms with Crippen molar-refractivity contribution < 1.29 is 22.7 Å². The maximum absolute atomic E-state index is 13.4. The zero-order valence-electron chi connectivity index (χ0n) is 17.8. The number of benzene rings is 1. The summed E-state index contributed by atoms with van der Waals surface area (Å²) in [7, 11) is 1.64. The molecule has 1 amide bonds. The molecule has 3 aliphatic rings. The molecule has 1 aliphatic carbocycles. The van der Waals surface area contributed by atoms with E-state index in [9.17, 15) is 18.0 Å². The molecule has 0 spiro atoms. The highest BCUT2D eigenvalue weighted by molar-refractivity contribution is 14.2. The minimum absolute atomic E-state index is 0.107. The second-order valence-corrected chi connectivity index (χ2v) is 11.5. The molecule has 31 heavy (non-hydrogen) atoms. The van der Waals surface area contributed by atoms with Gasteiger partial charge in [0.1, 0.15) is 3.69 Å². The van der Waals surface area contributed by atoms with Gasteiger partial charge < -0.3 is 9.64 Å². The summed E-state index contributed by atoms with van der Waals surface area (Å²) in [6, 6.07) is 3.63. The van der Waals surface area contributed by atoms with E-state index in [1.807, 2.05) is 24.0 Å². The fourth-order valence-electron chi connectivity index (χ4n) is 4.65. The van der Waals surface area contributed by atoms with Crippen LogP contribution >= 0.6 is 20.7 Å². The van der Waals surface area contributed by atoms with Crippen LogP contribution in [0.2, 0.25) is 0 Å². The lowest BCUT2D eigenvalue weighted by atomic mass is 9.84. The number of rotatable bonds is 3. The normalized spacial score (nSPS) is 24.7. The number of amides is 1. The summed E-state index contributed by atoms with van der Waals surface area (Å²) in [5.74, 6) is 0.108. The van der Waals surface area contributed by atoms with Crippen molar-refractivity contribution in [3.63, 3.8) is 0 Å². The Labute approximate surface area is 190 Å². The van der Waals surface area contributed by atoms with Crippen molar-refractivity contribution in [3.8, 4) is 0 Å². The Kier molecular flexibility index (Phi) is 6.31. The Bertz CT molecular complexity index is 984. The average Bonchev–Trinajstić information content (AvgIpc) is 2.74. The van der Waals surface area contributed by atoms with Gasteiger partial charge in [-0.25, -0.2) is 0 Å². The molecule has 1 aromatic carbocycles. The molecule has 0 aromatic heterocycles. The summed E-state index contributed by atoms with van der Waals surface area (Å²) >= 11 is -0.503. The zero-order chi connectivity index (χ0) is 22.3. The first-order chi connectivity index (χ1) is 14.7. The SMILES string of the molecule is COC1=IC(C)=C(N2CN(C3CCCC[C@H]3C)c3cc(C(F)(F)F)ccc3C2=O)C=C1. The molecule has 2 heterocycles. The summed E-state index contributed by atoms with van der Waals surface area (Å²) in [5, 5.41) is 0. The fraction of sp³-hybridized carbons (Fsp3) is 0.478. The number of hydrogen-bond donors (Lipinski definition) is 0. The van der Waals surface area contributed by atoms with Crippen LogP contribution in [0.3, 0.4) is 0 Å². The van der Waals surface area contributed by atoms with Gasteiger partial charge in [0.05, 0.1) is 29.2 Å². The third-order valence-electron chi connectivity index (χ3n) is 6.32. The van der Waals surface area contributed by atoms with E-state index in [4.69, 9.17) is 4.74 Å². The lowest BCUT2D eigenvalue weighted by Gasteiger charge is -2.46. The van der Waals surface area contributed by atoms with Gasteiger partial charge in [-0.2, -0.15) is 13.2 Å². The number of alkyl halides is 3. The van der Waals surface area contributed by atoms with Crippen LogP contribution in [0.25, 0.3) is 0 Å².